The zero-order valence-electron chi connectivity index (χ0n) is 7.77. The first kappa shape index (κ1) is 10.0. The number of carbonyl (C=O) groups excluding carboxylic acids is 1. The fourth-order valence-electron chi connectivity index (χ4n) is 0.873. The van der Waals surface area contributed by atoms with Crippen LogP contribution in [-0.2, 0) is 4.74 Å². The van der Waals surface area contributed by atoms with Crippen LogP contribution in [0.5, 0.6) is 5.88 Å². The summed E-state index contributed by atoms with van der Waals surface area (Å²) in [5.41, 5.74) is 10.8. The average Bonchev–Trinajstić information content (AvgIpc) is 2.19. The van der Waals surface area contributed by atoms with E-state index in [0.29, 0.717) is 0 Å². The second kappa shape index (κ2) is 3.77. The van der Waals surface area contributed by atoms with Crippen LogP contribution in [0, 0.1) is 0 Å². The molecule has 1 heterocycles. The summed E-state index contributed by atoms with van der Waals surface area (Å²) < 4.78 is 9.25. The molecule has 0 aliphatic heterocycles. The van der Waals surface area contributed by atoms with Crippen molar-refractivity contribution < 1.29 is 14.3 Å². The molecule has 0 aliphatic rings. The number of nitrogens with zero attached hydrogens (tertiary/aromatic N) is 2. The van der Waals surface area contributed by atoms with Gasteiger partial charge < -0.3 is 20.9 Å². The quantitative estimate of drug-likeness (QED) is 0.612. The van der Waals surface area contributed by atoms with Gasteiger partial charge >= 0.3 is 5.97 Å². The number of aromatic nitrogens is 2. The molecule has 0 saturated carbocycles. The fourth-order valence-corrected chi connectivity index (χ4v) is 0.873. The van der Waals surface area contributed by atoms with Gasteiger partial charge in [0.15, 0.2) is 5.69 Å². The first-order valence-corrected chi connectivity index (χ1v) is 3.65. The molecule has 76 valence electrons. The Morgan fingerprint density at radius 2 is 1.93 bits per heavy atom. The van der Waals surface area contributed by atoms with Crippen molar-refractivity contribution in [2.45, 2.75) is 0 Å². The zero-order valence-corrected chi connectivity index (χ0v) is 7.77. The van der Waals surface area contributed by atoms with Crippen LogP contribution in [0.15, 0.2) is 0 Å². The van der Waals surface area contributed by atoms with Gasteiger partial charge in [-0.1, -0.05) is 0 Å². The monoisotopic (exact) mass is 198 g/mol. The predicted molar refractivity (Wildman–Crippen MR) is 48.7 cm³/mol. The van der Waals surface area contributed by atoms with E-state index in [0.717, 1.165) is 0 Å². The van der Waals surface area contributed by atoms with E-state index in [1.807, 2.05) is 0 Å². The maximum absolute atomic E-state index is 11.2. The van der Waals surface area contributed by atoms with Crippen LogP contribution in [-0.4, -0.2) is 30.2 Å². The lowest BCUT2D eigenvalue weighted by atomic mass is 10.3. The molecule has 14 heavy (non-hydrogen) atoms. The number of carbonyl (C=O) groups is 1. The highest BCUT2D eigenvalue weighted by Gasteiger charge is 2.17. The Kier molecular flexibility index (Phi) is 2.70. The molecule has 0 unspecified atom stereocenters. The highest BCUT2D eigenvalue weighted by molar-refractivity contribution is 5.94. The van der Waals surface area contributed by atoms with Crippen molar-refractivity contribution in [3.8, 4) is 5.88 Å². The van der Waals surface area contributed by atoms with Gasteiger partial charge in [-0.25, -0.2) is 9.78 Å². The SMILES string of the molecule is COC(=O)c1nc(N)nc(OC)c1N. The van der Waals surface area contributed by atoms with Gasteiger partial charge in [-0.15, -0.1) is 0 Å². The molecule has 0 amide bonds. The van der Waals surface area contributed by atoms with E-state index in [1.165, 1.54) is 14.2 Å². The van der Waals surface area contributed by atoms with Crippen molar-refractivity contribution >= 4 is 17.6 Å². The average molecular weight is 198 g/mol. The number of hydrogen-bond acceptors (Lipinski definition) is 7. The van der Waals surface area contributed by atoms with Crippen LogP contribution in [0.1, 0.15) is 10.5 Å². The summed E-state index contributed by atoms with van der Waals surface area (Å²) in [7, 11) is 2.58. The van der Waals surface area contributed by atoms with E-state index < -0.39 is 5.97 Å². The van der Waals surface area contributed by atoms with Crippen LogP contribution in [0.4, 0.5) is 11.6 Å². The topological polar surface area (TPSA) is 113 Å². The number of nitrogens with two attached hydrogens (primary N) is 2. The second-order valence-electron chi connectivity index (χ2n) is 2.34. The van der Waals surface area contributed by atoms with Crippen LogP contribution in [0.25, 0.3) is 0 Å². The third kappa shape index (κ3) is 1.65. The summed E-state index contributed by atoms with van der Waals surface area (Å²) in [4.78, 5) is 18.5. The molecule has 4 N–H and O–H groups in total. The second-order valence-corrected chi connectivity index (χ2v) is 2.34. The molecule has 0 bridgehead atoms. The molecule has 0 saturated heterocycles. The van der Waals surface area contributed by atoms with Crippen LogP contribution >= 0.6 is 0 Å². The van der Waals surface area contributed by atoms with E-state index in [9.17, 15) is 4.79 Å². The summed E-state index contributed by atoms with van der Waals surface area (Å²) >= 11 is 0. The van der Waals surface area contributed by atoms with Crippen molar-refractivity contribution in [2.24, 2.45) is 0 Å². The summed E-state index contributed by atoms with van der Waals surface area (Å²) in [6, 6.07) is 0. The minimum atomic E-state index is -0.685. The lowest BCUT2D eigenvalue weighted by Gasteiger charge is -2.07. The maximum atomic E-state index is 11.2. The van der Waals surface area contributed by atoms with Gasteiger partial charge in [0, 0.05) is 0 Å². The largest absolute Gasteiger partial charge is 0.479 e. The number of rotatable bonds is 2. The Hall–Kier alpha value is -2.05. The molecule has 0 aliphatic carbocycles. The Bertz CT molecular complexity index is 366. The normalized spacial score (nSPS) is 9.57. The standard InChI is InChI=1S/C7H10N4O3/c1-13-5-3(8)4(6(12)14-2)10-7(9)11-5/h8H2,1-2H3,(H2,9,10,11). The minimum Gasteiger partial charge on any atom is -0.479 e. The van der Waals surface area contributed by atoms with E-state index in [4.69, 9.17) is 16.2 Å². The predicted octanol–water partition coefficient (Wildman–Crippen LogP) is -0.564. The number of ether oxygens (including phenoxy) is 2. The highest BCUT2D eigenvalue weighted by Crippen LogP contribution is 2.22. The van der Waals surface area contributed by atoms with E-state index >= 15 is 0 Å². The van der Waals surface area contributed by atoms with Crippen LogP contribution < -0.4 is 16.2 Å². The molecule has 7 heteroatoms. The van der Waals surface area contributed by atoms with Gasteiger partial charge in [-0.3, -0.25) is 0 Å². The number of methoxy groups -OCH3 is 2. The third-order valence-electron chi connectivity index (χ3n) is 1.50. The van der Waals surface area contributed by atoms with Crippen molar-refractivity contribution in [1.29, 1.82) is 0 Å². The smallest absolute Gasteiger partial charge is 0.359 e. The lowest BCUT2D eigenvalue weighted by Crippen LogP contribution is -2.12. The fraction of sp³-hybridized carbons (Fsp3) is 0.286. The molecule has 0 fully saturated rings. The van der Waals surface area contributed by atoms with Crippen LogP contribution in [0.2, 0.25) is 0 Å². The summed E-state index contributed by atoms with van der Waals surface area (Å²) in [6.45, 7) is 0. The number of hydrogen-bond donors (Lipinski definition) is 2. The molecule has 7 nitrogen and oxygen atoms in total. The van der Waals surface area contributed by atoms with Crippen molar-refractivity contribution in [3.05, 3.63) is 5.69 Å². The summed E-state index contributed by atoms with van der Waals surface area (Å²) in [5, 5.41) is 0. The molecular formula is C7H10N4O3. The first-order valence-electron chi connectivity index (χ1n) is 3.65. The van der Waals surface area contributed by atoms with Crippen LogP contribution in [0.3, 0.4) is 0 Å². The lowest BCUT2D eigenvalue weighted by molar-refractivity contribution is 0.0595. The maximum Gasteiger partial charge on any atom is 0.359 e. The van der Waals surface area contributed by atoms with Gasteiger partial charge in [0.1, 0.15) is 5.69 Å². The molecule has 1 aromatic heterocycles. The van der Waals surface area contributed by atoms with E-state index in [2.05, 4.69) is 14.7 Å². The number of anilines is 2. The Balaban J connectivity index is 3.29. The molecule has 0 atom stereocenters. The molecule has 0 spiro atoms. The van der Waals surface area contributed by atoms with Gasteiger partial charge in [0.25, 0.3) is 0 Å². The third-order valence-corrected chi connectivity index (χ3v) is 1.50. The van der Waals surface area contributed by atoms with Gasteiger partial charge in [-0.2, -0.15) is 4.98 Å². The molecule has 0 aromatic carbocycles. The van der Waals surface area contributed by atoms with Gasteiger partial charge in [-0.05, 0) is 0 Å². The summed E-state index contributed by atoms with van der Waals surface area (Å²) in [5.74, 6) is -0.732. The van der Waals surface area contributed by atoms with E-state index in [-0.39, 0.29) is 23.2 Å². The molecule has 1 aromatic rings. The molecule has 1 rings (SSSR count). The summed E-state index contributed by atoms with van der Waals surface area (Å²) in [6.07, 6.45) is 0. The van der Waals surface area contributed by atoms with Gasteiger partial charge in [0.05, 0.1) is 14.2 Å². The van der Waals surface area contributed by atoms with Crippen molar-refractivity contribution in [2.75, 3.05) is 25.7 Å². The molecule has 0 radical (unpaired) electrons. The Morgan fingerprint density at radius 1 is 1.29 bits per heavy atom. The van der Waals surface area contributed by atoms with Crippen molar-refractivity contribution in [1.82, 2.24) is 9.97 Å². The number of nitrogen functional groups attached to an aromatic ring is 2. The Labute approximate surface area is 80.0 Å². The number of esters is 1. The zero-order chi connectivity index (χ0) is 10.7. The first-order chi connectivity index (χ1) is 6.60. The van der Waals surface area contributed by atoms with Crippen molar-refractivity contribution in [3.63, 3.8) is 0 Å². The minimum absolute atomic E-state index is 0.00792. The van der Waals surface area contributed by atoms with E-state index in [1.54, 1.807) is 0 Å². The van der Waals surface area contributed by atoms with Gasteiger partial charge in [0.2, 0.25) is 11.8 Å². The molecular weight excluding hydrogens is 188 g/mol. The Morgan fingerprint density at radius 3 is 2.43 bits per heavy atom. The highest BCUT2D eigenvalue weighted by atomic mass is 16.5.